The second kappa shape index (κ2) is 4.33. The van der Waals surface area contributed by atoms with Gasteiger partial charge in [-0.15, -0.1) is 11.3 Å². The predicted molar refractivity (Wildman–Crippen MR) is 66.8 cm³/mol. The minimum absolute atomic E-state index is 0.370. The van der Waals surface area contributed by atoms with E-state index in [4.69, 9.17) is 5.11 Å². The molecule has 0 saturated carbocycles. The number of rotatable bonds is 3. The maximum Gasteiger partial charge on any atom is 0.337 e. The summed E-state index contributed by atoms with van der Waals surface area (Å²) in [5, 5.41) is 12.1. The van der Waals surface area contributed by atoms with Gasteiger partial charge in [0.2, 0.25) is 0 Å². The highest BCUT2D eigenvalue weighted by Crippen LogP contribution is 2.18. The highest BCUT2D eigenvalue weighted by Gasteiger charge is 2.15. The fraction of sp³-hybridized carbons (Fsp3) is 0.333. The summed E-state index contributed by atoms with van der Waals surface area (Å²) in [6.07, 6.45) is 0. The number of nitrogens with zero attached hydrogens (tertiary/aromatic N) is 2. The van der Waals surface area contributed by atoms with E-state index in [2.05, 4.69) is 4.98 Å². The molecule has 2 aromatic rings. The number of carboxylic acid groups (broad SMARTS) is 1. The first-order chi connectivity index (χ1) is 7.99. The van der Waals surface area contributed by atoms with Crippen LogP contribution in [-0.4, -0.2) is 20.6 Å². The smallest absolute Gasteiger partial charge is 0.337 e. The molecule has 0 amide bonds. The molecule has 2 aromatic heterocycles. The van der Waals surface area contributed by atoms with Gasteiger partial charge in [-0.05, 0) is 26.8 Å². The van der Waals surface area contributed by atoms with E-state index in [9.17, 15) is 4.79 Å². The lowest BCUT2D eigenvalue weighted by atomic mass is 10.2. The number of aromatic nitrogens is 2. The van der Waals surface area contributed by atoms with Crippen LogP contribution in [0.3, 0.4) is 0 Å². The molecule has 0 saturated heterocycles. The second-order valence-corrected chi connectivity index (χ2v) is 5.10. The molecule has 0 aliphatic heterocycles. The van der Waals surface area contributed by atoms with Crippen molar-refractivity contribution in [2.75, 3.05) is 0 Å². The number of aryl methyl sites for hydroxylation is 2. The van der Waals surface area contributed by atoms with E-state index in [1.807, 2.05) is 30.7 Å². The van der Waals surface area contributed by atoms with Crippen LogP contribution in [0.25, 0.3) is 0 Å². The Morgan fingerprint density at radius 1 is 1.47 bits per heavy atom. The van der Waals surface area contributed by atoms with Gasteiger partial charge in [0, 0.05) is 16.8 Å². The van der Waals surface area contributed by atoms with Gasteiger partial charge in [0.05, 0.1) is 22.8 Å². The largest absolute Gasteiger partial charge is 0.478 e. The predicted octanol–water partition coefficient (Wildman–Crippen LogP) is 2.62. The minimum Gasteiger partial charge on any atom is -0.478 e. The third-order valence-corrected chi connectivity index (χ3v) is 3.61. The molecule has 0 aliphatic rings. The van der Waals surface area contributed by atoms with E-state index in [1.54, 1.807) is 17.4 Å². The van der Waals surface area contributed by atoms with Crippen molar-refractivity contribution < 1.29 is 9.90 Å². The highest BCUT2D eigenvalue weighted by atomic mass is 32.1. The Morgan fingerprint density at radius 3 is 2.65 bits per heavy atom. The molecular formula is C12H14N2O2S. The summed E-state index contributed by atoms with van der Waals surface area (Å²) >= 11 is 1.61. The summed E-state index contributed by atoms with van der Waals surface area (Å²) in [4.78, 5) is 15.4. The van der Waals surface area contributed by atoms with Crippen LogP contribution in [0.4, 0.5) is 0 Å². The number of hydrogen-bond acceptors (Lipinski definition) is 3. The molecule has 0 atom stereocenters. The quantitative estimate of drug-likeness (QED) is 0.911. The lowest BCUT2D eigenvalue weighted by Crippen LogP contribution is -2.06. The van der Waals surface area contributed by atoms with Gasteiger partial charge in [-0.2, -0.15) is 0 Å². The Hall–Kier alpha value is -1.62. The van der Waals surface area contributed by atoms with E-state index in [0.29, 0.717) is 12.1 Å². The zero-order valence-electron chi connectivity index (χ0n) is 10.0. The molecule has 0 aliphatic carbocycles. The molecule has 0 unspecified atom stereocenters. The zero-order chi connectivity index (χ0) is 12.6. The van der Waals surface area contributed by atoms with Crippen molar-refractivity contribution in [3.05, 3.63) is 39.1 Å². The van der Waals surface area contributed by atoms with Crippen molar-refractivity contribution in [2.45, 2.75) is 27.3 Å². The Kier molecular flexibility index (Phi) is 3.02. The maximum atomic E-state index is 11.0. The second-order valence-electron chi connectivity index (χ2n) is 4.03. The summed E-state index contributed by atoms with van der Waals surface area (Å²) in [5.74, 6) is -0.876. The lowest BCUT2D eigenvalue weighted by Gasteiger charge is -2.07. The normalized spacial score (nSPS) is 10.8. The van der Waals surface area contributed by atoms with Crippen molar-refractivity contribution in [2.24, 2.45) is 0 Å². The van der Waals surface area contributed by atoms with Crippen molar-refractivity contribution in [1.29, 1.82) is 0 Å². The average molecular weight is 250 g/mol. The minimum atomic E-state index is -0.876. The fourth-order valence-electron chi connectivity index (χ4n) is 1.90. The zero-order valence-corrected chi connectivity index (χ0v) is 10.8. The van der Waals surface area contributed by atoms with Gasteiger partial charge < -0.3 is 9.67 Å². The third-order valence-electron chi connectivity index (χ3n) is 2.79. The summed E-state index contributed by atoms with van der Waals surface area (Å²) < 4.78 is 1.98. The summed E-state index contributed by atoms with van der Waals surface area (Å²) in [6, 6.07) is 1.71. The number of hydrogen-bond donors (Lipinski definition) is 1. The average Bonchev–Trinajstić information content (AvgIpc) is 2.77. The maximum absolute atomic E-state index is 11.0. The first-order valence-corrected chi connectivity index (χ1v) is 6.18. The molecule has 0 radical (unpaired) electrons. The summed E-state index contributed by atoms with van der Waals surface area (Å²) in [5.41, 5.74) is 3.08. The molecule has 1 N–H and O–H groups in total. The molecule has 0 spiro atoms. The first kappa shape index (κ1) is 11.9. The highest BCUT2D eigenvalue weighted by molar-refractivity contribution is 7.09. The van der Waals surface area contributed by atoms with Gasteiger partial charge >= 0.3 is 5.97 Å². The van der Waals surface area contributed by atoms with Crippen LogP contribution in [0.5, 0.6) is 0 Å². The Balaban J connectivity index is 2.36. The van der Waals surface area contributed by atoms with Gasteiger partial charge in [-0.1, -0.05) is 0 Å². The Labute approximate surface area is 104 Å². The molecule has 0 aromatic carbocycles. The fourth-order valence-corrected chi connectivity index (χ4v) is 2.51. The van der Waals surface area contributed by atoms with Gasteiger partial charge in [0.15, 0.2) is 0 Å². The van der Waals surface area contributed by atoms with E-state index in [0.717, 1.165) is 22.1 Å². The molecule has 4 nitrogen and oxygen atoms in total. The van der Waals surface area contributed by atoms with Crippen molar-refractivity contribution in [3.63, 3.8) is 0 Å². The monoisotopic (exact) mass is 250 g/mol. The molecule has 0 fully saturated rings. The number of thiazole rings is 1. The standard InChI is InChI=1S/C12H14N2O2S/c1-7-4-11(12(15)16)8(2)14(7)5-10-6-17-9(3)13-10/h4,6H,5H2,1-3H3,(H,15,16). The van der Waals surface area contributed by atoms with E-state index in [1.165, 1.54) is 0 Å². The Bertz CT molecular complexity index is 569. The van der Waals surface area contributed by atoms with E-state index in [-0.39, 0.29) is 0 Å². The van der Waals surface area contributed by atoms with E-state index >= 15 is 0 Å². The molecule has 2 heterocycles. The van der Waals surface area contributed by atoms with Crippen LogP contribution >= 0.6 is 11.3 Å². The number of aromatic carboxylic acids is 1. The van der Waals surface area contributed by atoms with Crippen molar-refractivity contribution >= 4 is 17.3 Å². The molecule has 90 valence electrons. The van der Waals surface area contributed by atoms with Gasteiger partial charge in [0.1, 0.15) is 0 Å². The van der Waals surface area contributed by atoms with Crippen LogP contribution in [-0.2, 0) is 6.54 Å². The summed E-state index contributed by atoms with van der Waals surface area (Å²) in [7, 11) is 0. The first-order valence-electron chi connectivity index (χ1n) is 5.30. The van der Waals surface area contributed by atoms with Gasteiger partial charge in [-0.3, -0.25) is 0 Å². The molecule has 17 heavy (non-hydrogen) atoms. The van der Waals surface area contributed by atoms with Crippen LogP contribution < -0.4 is 0 Å². The molecular weight excluding hydrogens is 236 g/mol. The molecule has 0 bridgehead atoms. The van der Waals surface area contributed by atoms with Crippen LogP contribution in [0.2, 0.25) is 0 Å². The third kappa shape index (κ3) is 2.24. The molecule has 5 heteroatoms. The van der Waals surface area contributed by atoms with Crippen molar-refractivity contribution in [3.8, 4) is 0 Å². The van der Waals surface area contributed by atoms with E-state index < -0.39 is 5.97 Å². The van der Waals surface area contributed by atoms with Gasteiger partial charge in [-0.25, -0.2) is 9.78 Å². The van der Waals surface area contributed by atoms with Crippen LogP contribution in [0.1, 0.15) is 32.4 Å². The Morgan fingerprint density at radius 2 is 2.18 bits per heavy atom. The molecule has 2 rings (SSSR count). The SMILES string of the molecule is Cc1nc(Cn2c(C)cc(C(=O)O)c2C)cs1. The topological polar surface area (TPSA) is 55.1 Å². The summed E-state index contributed by atoms with van der Waals surface area (Å²) in [6.45, 7) is 6.34. The number of carbonyl (C=O) groups is 1. The van der Waals surface area contributed by atoms with Gasteiger partial charge in [0.25, 0.3) is 0 Å². The van der Waals surface area contributed by atoms with Crippen LogP contribution in [0, 0.1) is 20.8 Å². The van der Waals surface area contributed by atoms with Crippen molar-refractivity contribution in [1.82, 2.24) is 9.55 Å². The van der Waals surface area contributed by atoms with Crippen LogP contribution in [0.15, 0.2) is 11.4 Å². The lowest BCUT2D eigenvalue weighted by molar-refractivity contribution is 0.0696. The number of carboxylic acids is 1.